The molecule has 27 heavy (non-hydrogen) atoms. The average Bonchev–Trinajstić information content (AvgIpc) is 2.92. The van der Waals surface area contributed by atoms with Crippen molar-refractivity contribution in [3.05, 3.63) is 35.4 Å². The van der Waals surface area contributed by atoms with Crippen molar-refractivity contribution < 1.29 is 9.59 Å². The van der Waals surface area contributed by atoms with Crippen LogP contribution in [0.3, 0.4) is 0 Å². The van der Waals surface area contributed by atoms with E-state index in [1.165, 1.54) is 43.2 Å². The molecule has 3 rings (SSSR count). The summed E-state index contributed by atoms with van der Waals surface area (Å²) in [6.07, 6.45) is 10.3. The van der Waals surface area contributed by atoms with Crippen LogP contribution in [0, 0.1) is 6.92 Å². The topological polar surface area (TPSA) is 49.4 Å². The van der Waals surface area contributed by atoms with Gasteiger partial charge in [0.2, 0.25) is 11.8 Å². The summed E-state index contributed by atoms with van der Waals surface area (Å²) in [5, 5.41) is 3.29. The van der Waals surface area contributed by atoms with Crippen LogP contribution in [0.25, 0.3) is 0 Å². The second-order valence-electron chi connectivity index (χ2n) is 8.57. The summed E-state index contributed by atoms with van der Waals surface area (Å²) < 4.78 is 0. The zero-order valence-electron chi connectivity index (χ0n) is 16.9. The number of amides is 2. The van der Waals surface area contributed by atoms with E-state index in [1.54, 1.807) is 0 Å². The molecule has 2 aliphatic rings. The normalized spacial score (nSPS) is 24.5. The number of likely N-dealkylation sites (tertiary alicyclic amines) is 1. The molecule has 1 aromatic carbocycles. The van der Waals surface area contributed by atoms with E-state index in [0.29, 0.717) is 19.4 Å². The van der Waals surface area contributed by atoms with Gasteiger partial charge in [0, 0.05) is 19.0 Å². The second-order valence-corrected chi connectivity index (χ2v) is 8.57. The molecule has 2 fully saturated rings. The molecule has 4 heteroatoms. The first kappa shape index (κ1) is 19.9. The van der Waals surface area contributed by atoms with Crippen molar-refractivity contribution in [3.63, 3.8) is 0 Å². The van der Waals surface area contributed by atoms with Gasteiger partial charge in [-0.1, -0.05) is 61.9 Å². The van der Waals surface area contributed by atoms with Crippen LogP contribution in [0.4, 0.5) is 0 Å². The van der Waals surface area contributed by atoms with Crippen molar-refractivity contribution in [2.24, 2.45) is 0 Å². The number of carbonyl (C=O) groups excluding carboxylic acids is 2. The maximum absolute atomic E-state index is 13.1. The van der Waals surface area contributed by atoms with Gasteiger partial charge in [0.05, 0.1) is 0 Å². The van der Waals surface area contributed by atoms with Crippen LogP contribution in [-0.2, 0) is 16.0 Å². The van der Waals surface area contributed by atoms with Crippen molar-refractivity contribution in [2.75, 3.05) is 6.54 Å². The van der Waals surface area contributed by atoms with Gasteiger partial charge in [-0.2, -0.15) is 0 Å². The molecule has 1 saturated carbocycles. The minimum atomic E-state index is -0.704. The minimum absolute atomic E-state index is 0.0443. The summed E-state index contributed by atoms with van der Waals surface area (Å²) in [5.41, 5.74) is 1.74. The summed E-state index contributed by atoms with van der Waals surface area (Å²) in [5.74, 6) is 0.153. The van der Waals surface area contributed by atoms with E-state index in [1.807, 2.05) is 11.8 Å². The standard InChI is InChI=1S/C23H34N2O2/c1-18-10-12-19(13-11-18)15-17-25-21(26)14-16-23(25,2)22(27)24-20-8-6-4-3-5-7-9-20/h10-13,20H,3-9,14-17H2,1-2H3,(H,24,27)/t23-/m0/s1. The Bertz CT molecular complexity index is 647. The molecule has 1 N–H and O–H groups in total. The number of rotatable bonds is 5. The lowest BCUT2D eigenvalue weighted by molar-refractivity contribution is -0.141. The van der Waals surface area contributed by atoms with Crippen molar-refractivity contribution in [1.29, 1.82) is 0 Å². The van der Waals surface area contributed by atoms with E-state index < -0.39 is 5.54 Å². The number of carbonyl (C=O) groups is 2. The lowest BCUT2D eigenvalue weighted by Crippen LogP contribution is -2.56. The lowest BCUT2D eigenvalue weighted by Gasteiger charge is -2.35. The molecule has 0 bridgehead atoms. The first-order valence-corrected chi connectivity index (χ1v) is 10.7. The Kier molecular flexibility index (Phi) is 6.56. The van der Waals surface area contributed by atoms with Crippen LogP contribution in [0.5, 0.6) is 0 Å². The first-order valence-electron chi connectivity index (χ1n) is 10.7. The Balaban J connectivity index is 1.63. The molecule has 1 atom stereocenters. The molecule has 0 radical (unpaired) electrons. The third kappa shape index (κ3) is 4.91. The number of hydrogen-bond acceptors (Lipinski definition) is 2. The lowest BCUT2D eigenvalue weighted by atomic mass is 9.93. The third-order valence-electron chi connectivity index (χ3n) is 6.40. The van der Waals surface area contributed by atoms with Crippen LogP contribution in [0.1, 0.15) is 75.8 Å². The fourth-order valence-corrected chi connectivity index (χ4v) is 4.44. The van der Waals surface area contributed by atoms with Gasteiger partial charge in [-0.25, -0.2) is 0 Å². The SMILES string of the molecule is Cc1ccc(CCN2C(=O)CC[C@@]2(C)C(=O)NC2CCCCCCC2)cc1. The average molecular weight is 371 g/mol. The van der Waals surface area contributed by atoms with Gasteiger partial charge in [0.1, 0.15) is 5.54 Å². The van der Waals surface area contributed by atoms with Gasteiger partial charge in [-0.05, 0) is 45.1 Å². The predicted octanol–water partition coefficient (Wildman–Crippen LogP) is 4.15. The van der Waals surface area contributed by atoms with Gasteiger partial charge >= 0.3 is 0 Å². The Morgan fingerprint density at radius 3 is 2.41 bits per heavy atom. The van der Waals surface area contributed by atoms with E-state index in [4.69, 9.17) is 0 Å². The molecule has 0 unspecified atom stereocenters. The molecule has 4 nitrogen and oxygen atoms in total. The molecular weight excluding hydrogens is 336 g/mol. The van der Waals surface area contributed by atoms with Crippen molar-refractivity contribution in [3.8, 4) is 0 Å². The van der Waals surface area contributed by atoms with E-state index in [9.17, 15) is 9.59 Å². The second kappa shape index (κ2) is 8.90. The van der Waals surface area contributed by atoms with Crippen molar-refractivity contribution >= 4 is 11.8 Å². The van der Waals surface area contributed by atoms with E-state index >= 15 is 0 Å². The molecule has 2 amide bonds. The van der Waals surface area contributed by atoms with Crippen LogP contribution >= 0.6 is 0 Å². The Morgan fingerprint density at radius 2 is 1.74 bits per heavy atom. The van der Waals surface area contributed by atoms with Crippen LogP contribution < -0.4 is 5.32 Å². The summed E-state index contributed by atoms with van der Waals surface area (Å²) >= 11 is 0. The number of hydrogen-bond donors (Lipinski definition) is 1. The van der Waals surface area contributed by atoms with Gasteiger partial charge in [-0.3, -0.25) is 9.59 Å². The molecule has 0 spiro atoms. The molecule has 0 aromatic heterocycles. The zero-order valence-corrected chi connectivity index (χ0v) is 16.9. The van der Waals surface area contributed by atoms with Gasteiger partial charge < -0.3 is 10.2 Å². The quantitative estimate of drug-likeness (QED) is 0.846. The molecule has 1 aliphatic heterocycles. The fraction of sp³-hybridized carbons (Fsp3) is 0.652. The molecular formula is C23H34N2O2. The molecule has 148 valence electrons. The Morgan fingerprint density at radius 1 is 1.11 bits per heavy atom. The minimum Gasteiger partial charge on any atom is -0.351 e. The highest BCUT2D eigenvalue weighted by atomic mass is 16.2. The van der Waals surface area contributed by atoms with E-state index in [-0.39, 0.29) is 17.9 Å². The smallest absolute Gasteiger partial charge is 0.245 e. The maximum atomic E-state index is 13.1. The number of nitrogens with zero attached hydrogens (tertiary/aromatic N) is 1. The Hall–Kier alpha value is -1.84. The summed E-state index contributed by atoms with van der Waals surface area (Å²) in [4.78, 5) is 27.5. The molecule has 1 saturated heterocycles. The molecule has 1 aliphatic carbocycles. The number of aryl methyl sites for hydroxylation is 1. The largest absolute Gasteiger partial charge is 0.351 e. The highest BCUT2D eigenvalue weighted by Gasteiger charge is 2.47. The van der Waals surface area contributed by atoms with Crippen molar-refractivity contribution in [2.45, 2.75) is 89.6 Å². The van der Waals surface area contributed by atoms with Crippen LogP contribution in [-0.4, -0.2) is 34.8 Å². The monoisotopic (exact) mass is 370 g/mol. The number of benzene rings is 1. The van der Waals surface area contributed by atoms with Gasteiger partial charge in [0.15, 0.2) is 0 Å². The highest BCUT2D eigenvalue weighted by molar-refractivity contribution is 5.94. The zero-order chi connectivity index (χ0) is 19.3. The Labute approximate surface area is 163 Å². The van der Waals surface area contributed by atoms with Gasteiger partial charge in [-0.15, -0.1) is 0 Å². The van der Waals surface area contributed by atoms with E-state index in [2.05, 4.69) is 36.5 Å². The number of nitrogens with one attached hydrogen (secondary N) is 1. The summed E-state index contributed by atoms with van der Waals surface area (Å²) in [6.45, 7) is 4.63. The van der Waals surface area contributed by atoms with Gasteiger partial charge in [0.25, 0.3) is 0 Å². The molecule has 1 aromatic rings. The van der Waals surface area contributed by atoms with Crippen LogP contribution in [0.15, 0.2) is 24.3 Å². The maximum Gasteiger partial charge on any atom is 0.245 e. The summed E-state index contributed by atoms with van der Waals surface area (Å²) in [6, 6.07) is 8.69. The van der Waals surface area contributed by atoms with Crippen molar-refractivity contribution in [1.82, 2.24) is 10.2 Å². The fourth-order valence-electron chi connectivity index (χ4n) is 4.44. The molecule has 1 heterocycles. The third-order valence-corrected chi connectivity index (χ3v) is 6.40. The van der Waals surface area contributed by atoms with E-state index in [0.717, 1.165) is 19.3 Å². The van der Waals surface area contributed by atoms with Crippen LogP contribution in [0.2, 0.25) is 0 Å². The predicted molar refractivity (Wildman–Crippen MR) is 108 cm³/mol. The first-order chi connectivity index (χ1) is 13.0. The highest BCUT2D eigenvalue weighted by Crippen LogP contribution is 2.31. The summed E-state index contributed by atoms with van der Waals surface area (Å²) in [7, 11) is 0.